The van der Waals surface area contributed by atoms with E-state index in [1.807, 2.05) is 24.3 Å². The summed E-state index contributed by atoms with van der Waals surface area (Å²) in [6, 6.07) is 7.64. The van der Waals surface area contributed by atoms with Gasteiger partial charge in [-0.3, -0.25) is 4.79 Å². The molecule has 3 unspecified atom stereocenters. The van der Waals surface area contributed by atoms with Gasteiger partial charge in [-0.05, 0) is 36.8 Å². The van der Waals surface area contributed by atoms with Crippen molar-refractivity contribution < 1.29 is 9.53 Å². The number of benzene rings is 1. The summed E-state index contributed by atoms with van der Waals surface area (Å²) in [5.74, 6) is 1.23. The van der Waals surface area contributed by atoms with E-state index in [9.17, 15) is 4.79 Å². The molecule has 0 spiro atoms. The lowest BCUT2D eigenvalue weighted by Gasteiger charge is -2.43. The van der Waals surface area contributed by atoms with Crippen LogP contribution in [0.4, 0.5) is 5.69 Å². The summed E-state index contributed by atoms with van der Waals surface area (Å²) in [6.07, 6.45) is 2.94. The zero-order chi connectivity index (χ0) is 14.8. The summed E-state index contributed by atoms with van der Waals surface area (Å²) in [7, 11) is 1.63. The standard InChI is InChI=1S/C16H24N2O2/c1-11-7-8-12(2)16(10-11,15(17)19)18-13-5-4-6-14(9-13)20-3/h4-6,9,11-12,18H,7-8,10H2,1-3H3,(H2,17,19). The lowest BCUT2D eigenvalue weighted by atomic mass is 9.69. The maximum Gasteiger partial charge on any atom is 0.243 e. The van der Waals surface area contributed by atoms with Crippen LogP contribution >= 0.6 is 0 Å². The Morgan fingerprint density at radius 3 is 2.80 bits per heavy atom. The highest BCUT2D eigenvalue weighted by Gasteiger charge is 2.45. The lowest BCUT2D eigenvalue weighted by molar-refractivity contribution is -0.125. The van der Waals surface area contributed by atoms with E-state index in [0.29, 0.717) is 5.92 Å². The number of methoxy groups -OCH3 is 1. The Kier molecular flexibility index (Phi) is 4.21. The van der Waals surface area contributed by atoms with E-state index in [0.717, 1.165) is 30.7 Å². The van der Waals surface area contributed by atoms with Gasteiger partial charge in [0.2, 0.25) is 5.91 Å². The van der Waals surface area contributed by atoms with E-state index in [2.05, 4.69) is 19.2 Å². The molecule has 1 amide bonds. The van der Waals surface area contributed by atoms with Crippen molar-refractivity contribution in [1.82, 2.24) is 0 Å². The third kappa shape index (κ3) is 2.74. The van der Waals surface area contributed by atoms with E-state index < -0.39 is 5.54 Å². The quantitative estimate of drug-likeness (QED) is 0.888. The Morgan fingerprint density at radius 2 is 2.15 bits per heavy atom. The Balaban J connectivity index is 2.30. The lowest BCUT2D eigenvalue weighted by Crippen LogP contribution is -2.57. The van der Waals surface area contributed by atoms with Crippen molar-refractivity contribution in [3.05, 3.63) is 24.3 Å². The number of nitrogens with one attached hydrogen (secondary N) is 1. The molecule has 1 fully saturated rings. The van der Waals surface area contributed by atoms with Crippen LogP contribution in [-0.2, 0) is 4.79 Å². The molecule has 3 N–H and O–H groups in total. The first-order valence-corrected chi connectivity index (χ1v) is 7.20. The van der Waals surface area contributed by atoms with Gasteiger partial charge in [0.05, 0.1) is 7.11 Å². The number of hydrogen-bond donors (Lipinski definition) is 2. The predicted molar refractivity (Wildman–Crippen MR) is 80.7 cm³/mol. The minimum Gasteiger partial charge on any atom is -0.497 e. The largest absolute Gasteiger partial charge is 0.497 e. The second kappa shape index (κ2) is 5.73. The minimum atomic E-state index is -0.663. The summed E-state index contributed by atoms with van der Waals surface area (Å²) in [6.45, 7) is 4.28. The molecule has 4 heteroatoms. The Labute approximate surface area is 120 Å². The first kappa shape index (κ1) is 14.7. The summed E-state index contributed by atoms with van der Waals surface area (Å²) in [4.78, 5) is 12.1. The zero-order valence-corrected chi connectivity index (χ0v) is 12.5. The molecule has 0 bridgehead atoms. The minimum absolute atomic E-state index is 0.224. The number of anilines is 1. The number of nitrogens with two attached hydrogens (primary N) is 1. The molecule has 1 aliphatic rings. The van der Waals surface area contributed by atoms with Gasteiger partial charge in [0.1, 0.15) is 11.3 Å². The molecule has 3 atom stereocenters. The average Bonchev–Trinajstić information content (AvgIpc) is 2.43. The fraction of sp³-hybridized carbons (Fsp3) is 0.562. The van der Waals surface area contributed by atoms with Crippen molar-refractivity contribution in [1.29, 1.82) is 0 Å². The Morgan fingerprint density at radius 1 is 1.40 bits per heavy atom. The molecule has 0 radical (unpaired) electrons. The number of amides is 1. The molecule has 0 aromatic heterocycles. The van der Waals surface area contributed by atoms with E-state index in [1.54, 1.807) is 7.11 Å². The van der Waals surface area contributed by atoms with Crippen LogP contribution in [0.3, 0.4) is 0 Å². The van der Waals surface area contributed by atoms with Crippen LogP contribution in [0, 0.1) is 11.8 Å². The average molecular weight is 276 g/mol. The summed E-state index contributed by atoms with van der Waals surface area (Å²) < 4.78 is 5.23. The molecule has 110 valence electrons. The van der Waals surface area contributed by atoms with Gasteiger partial charge < -0.3 is 15.8 Å². The normalized spacial score (nSPS) is 29.8. The van der Waals surface area contributed by atoms with Crippen LogP contribution in [0.2, 0.25) is 0 Å². The van der Waals surface area contributed by atoms with Crippen LogP contribution in [0.5, 0.6) is 5.75 Å². The molecular weight excluding hydrogens is 252 g/mol. The predicted octanol–water partition coefficient (Wildman–Crippen LogP) is 2.79. The highest BCUT2D eigenvalue weighted by Crippen LogP contribution is 2.39. The highest BCUT2D eigenvalue weighted by atomic mass is 16.5. The monoisotopic (exact) mass is 276 g/mol. The number of hydrogen-bond acceptors (Lipinski definition) is 3. The molecular formula is C16H24N2O2. The Bertz CT molecular complexity index is 489. The molecule has 1 aliphatic carbocycles. The third-order valence-electron chi connectivity index (χ3n) is 4.48. The number of ether oxygens (including phenoxy) is 1. The first-order valence-electron chi connectivity index (χ1n) is 7.20. The molecule has 0 aliphatic heterocycles. The van der Waals surface area contributed by atoms with Crippen LogP contribution in [0.25, 0.3) is 0 Å². The van der Waals surface area contributed by atoms with Crippen molar-refractivity contribution in [2.24, 2.45) is 17.6 Å². The van der Waals surface area contributed by atoms with Crippen molar-refractivity contribution in [2.75, 3.05) is 12.4 Å². The molecule has 1 aromatic carbocycles. The smallest absolute Gasteiger partial charge is 0.243 e. The van der Waals surface area contributed by atoms with E-state index in [1.165, 1.54) is 0 Å². The second-order valence-electron chi connectivity index (χ2n) is 5.98. The molecule has 1 saturated carbocycles. The maximum absolute atomic E-state index is 12.1. The molecule has 0 heterocycles. The number of carbonyl (C=O) groups excluding carboxylic acids is 1. The second-order valence-corrected chi connectivity index (χ2v) is 5.98. The van der Waals surface area contributed by atoms with Gasteiger partial charge in [-0.1, -0.05) is 26.3 Å². The van der Waals surface area contributed by atoms with Gasteiger partial charge >= 0.3 is 0 Å². The fourth-order valence-electron chi connectivity index (χ4n) is 3.17. The van der Waals surface area contributed by atoms with Gasteiger partial charge in [-0.15, -0.1) is 0 Å². The van der Waals surface area contributed by atoms with Gasteiger partial charge in [-0.25, -0.2) is 0 Å². The number of rotatable bonds is 4. The topological polar surface area (TPSA) is 64.3 Å². The van der Waals surface area contributed by atoms with Gasteiger partial charge in [0, 0.05) is 11.8 Å². The van der Waals surface area contributed by atoms with E-state index in [4.69, 9.17) is 10.5 Å². The van der Waals surface area contributed by atoms with Gasteiger partial charge in [0.25, 0.3) is 0 Å². The van der Waals surface area contributed by atoms with Crippen molar-refractivity contribution >= 4 is 11.6 Å². The molecule has 4 nitrogen and oxygen atoms in total. The van der Waals surface area contributed by atoms with Gasteiger partial charge in [0.15, 0.2) is 0 Å². The fourth-order valence-corrected chi connectivity index (χ4v) is 3.17. The van der Waals surface area contributed by atoms with Crippen LogP contribution in [0.1, 0.15) is 33.1 Å². The molecule has 20 heavy (non-hydrogen) atoms. The van der Waals surface area contributed by atoms with Crippen LogP contribution in [0.15, 0.2) is 24.3 Å². The molecule has 2 rings (SSSR count). The molecule has 1 aromatic rings. The van der Waals surface area contributed by atoms with Crippen molar-refractivity contribution in [3.8, 4) is 5.75 Å². The third-order valence-corrected chi connectivity index (χ3v) is 4.48. The number of carbonyl (C=O) groups is 1. The van der Waals surface area contributed by atoms with Crippen LogP contribution < -0.4 is 15.8 Å². The summed E-state index contributed by atoms with van der Waals surface area (Å²) >= 11 is 0. The highest BCUT2D eigenvalue weighted by molar-refractivity contribution is 5.88. The first-order chi connectivity index (χ1) is 9.48. The van der Waals surface area contributed by atoms with E-state index >= 15 is 0 Å². The number of primary amides is 1. The summed E-state index contributed by atoms with van der Waals surface area (Å²) in [5, 5.41) is 3.39. The zero-order valence-electron chi connectivity index (χ0n) is 12.5. The maximum atomic E-state index is 12.1. The van der Waals surface area contributed by atoms with E-state index in [-0.39, 0.29) is 11.8 Å². The van der Waals surface area contributed by atoms with Gasteiger partial charge in [-0.2, -0.15) is 0 Å². The SMILES string of the molecule is COc1cccc(NC2(C(N)=O)CC(C)CCC2C)c1. The van der Waals surface area contributed by atoms with Crippen molar-refractivity contribution in [2.45, 2.75) is 38.6 Å². The van der Waals surface area contributed by atoms with Crippen molar-refractivity contribution in [3.63, 3.8) is 0 Å². The Hall–Kier alpha value is -1.71. The summed E-state index contributed by atoms with van der Waals surface area (Å²) in [5.41, 5.74) is 5.96. The molecule has 0 saturated heterocycles. The van der Waals surface area contributed by atoms with Crippen LogP contribution in [-0.4, -0.2) is 18.6 Å².